The summed E-state index contributed by atoms with van der Waals surface area (Å²) in [6.07, 6.45) is 1.92. The SMILES string of the molecule is CC(C)c1cccc2nccc(C(C)C)c12. The van der Waals surface area contributed by atoms with E-state index in [1.54, 1.807) is 0 Å². The predicted molar refractivity (Wildman–Crippen MR) is 69.9 cm³/mol. The number of benzene rings is 1. The Morgan fingerprint density at radius 3 is 2.12 bits per heavy atom. The Morgan fingerprint density at radius 1 is 0.875 bits per heavy atom. The molecular formula is C15H19N. The summed E-state index contributed by atoms with van der Waals surface area (Å²) in [6.45, 7) is 8.97. The monoisotopic (exact) mass is 213 g/mol. The molecule has 2 aromatic rings. The van der Waals surface area contributed by atoms with E-state index in [1.165, 1.54) is 16.5 Å². The van der Waals surface area contributed by atoms with Gasteiger partial charge in [0.1, 0.15) is 0 Å². The third-order valence-electron chi connectivity index (χ3n) is 3.08. The Bertz CT molecular complexity index is 455. The average molecular weight is 213 g/mol. The first-order chi connectivity index (χ1) is 7.61. The minimum Gasteiger partial charge on any atom is -0.256 e. The molecule has 0 fully saturated rings. The van der Waals surface area contributed by atoms with Crippen LogP contribution in [0, 0.1) is 0 Å². The highest BCUT2D eigenvalue weighted by atomic mass is 14.6. The second-order valence-corrected chi connectivity index (χ2v) is 4.95. The molecule has 84 valence electrons. The van der Waals surface area contributed by atoms with Gasteiger partial charge in [-0.05, 0) is 35.1 Å². The van der Waals surface area contributed by atoms with Crippen LogP contribution < -0.4 is 0 Å². The van der Waals surface area contributed by atoms with Crippen molar-refractivity contribution >= 4 is 10.9 Å². The second-order valence-electron chi connectivity index (χ2n) is 4.95. The summed E-state index contributed by atoms with van der Waals surface area (Å²) in [5.41, 5.74) is 3.95. The number of rotatable bonds is 2. The van der Waals surface area contributed by atoms with Gasteiger partial charge in [0.15, 0.2) is 0 Å². The van der Waals surface area contributed by atoms with Crippen molar-refractivity contribution in [3.8, 4) is 0 Å². The fraction of sp³-hybridized carbons (Fsp3) is 0.400. The maximum absolute atomic E-state index is 4.47. The molecule has 0 amide bonds. The molecule has 1 heterocycles. The van der Waals surface area contributed by atoms with Gasteiger partial charge in [0.05, 0.1) is 5.52 Å². The Kier molecular flexibility index (Phi) is 2.95. The average Bonchev–Trinajstić information content (AvgIpc) is 2.27. The van der Waals surface area contributed by atoms with E-state index in [4.69, 9.17) is 0 Å². The summed E-state index contributed by atoms with van der Waals surface area (Å²) in [4.78, 5) is 4.47. The summed E-state index contributed by atoms with van der Waals surface area (Å²) in [6, 6.07) is 8.58. The van der Waals surface area contributed by atoms with Gasteiger partial charge < -0.3 is 0 Å². The standard InChI is InChI=1S/C15H19N/c1-10(2)12-6-5-7-14-15(12)13(11(3)4)8-9-16-14/h5-11H,1-4H3. The summed E-state index contributed by atoms with van der Waals surface area (Å²) in [7, 11) is 0. The van der Waals surface area contributed by atoms with Crippen molar-refractivity contribution in [1.29, 1.82) is 0 Å². The van der Waals surface area contributed by atoms with Crippen molar-refractivity contribution in [2.24, 2.45) is 0 Å². The lowest BCUT2D eigenvalue weighted by Gasteiger charge is -2.15. The third kappa shape index (κ3) is 1.82. The van der Waals surface area contributed by atoms with Crippen molar-refractivity contribution in [2.75, 3.05) is 0 Å². The fourth-order valence-corrected chi connectivity index (χ4v) is 2.22. The first-order valence-electron chi connectivity index (χ1n) is 5.98. The van der Waals surface area contributed by atoms with Gasteiger partial charge >= 0.3 is 0 Å². The van der Waals surface area contributed by atoms with Crippen molar-refractivity contribution < 1.29 is 0 Å². The lowest BCUT2D eigenvalue weighted by molar-refractivity contribution is 0.852. The van der Waals surface area contributed by atoms with Gasteiger partial charge in [-0.25, -0.2) is 0 Å². The number of pyridine rings is 1. The van der Waals surface area contributed by atoms with Gasteiger partial charge in [0, 0.05) is 11.6 Å². The van der Waals surface area contributed by atoms with Gasteiger partial charge in [-0.3, -0.25) is 4.98 Å². The normalized spacial score (nSPS) is 11.6. The van der Waals surface area contributed by atoms with E-state index in [0.717, 1.165) is 5.52 Å². The summed E-state index contributed by atoms with van der Waals surface area (Å²) >= 11 is 0. The maximum Gasteiger partial charge on any atom is 0.0707 e. The highest BCUT2D eigenvalue weighted by Gasteiger charge is 2.11. The molecule has 0 radical (unpaired) electrons. The van der Waals surface area contributed by atoms with Gasteiger partial charge in [-0.1, -0.05) is 39.8 Å². The number of hydrogen-bond acceptors (Lipinski definition) is 1. The van der Waals surface area contributed by atoms with Crippen molar-refractivity contribution in [3.63, 3.8) is 0 Å². The van der Waals surface area contributed by atoms with E-state index in [9.17, 15) is 0 Å². The van der Waals surface area contributed by atoms with Gasteiger partial charge in [0.2, 0.25) is 0 Å². The maximum atomic E-state index is 4.47. The van der Waals surface area contributed by atoms with Crippen LogP contribution in [0.25, 0.3) is 10.9 Å². The molecular weight excluding hydrogens is 194 g/mol. The van der Waals surface area contributed by atoms with Crippen LogP contribution in [-0.2, 0) is 0 Å². The number of aromatic nitrogens is 1. The van der Waals surface area contributed by atoms with Crippen molar-refractivity contribution in [3.05, 3.63) is 41.6 Å². The van der Waals surface area contributed by atoms with Crippen LogP contribution >= 0.6 is 0 Å². The summed E-state index contributed by atoms with van der Waals surface area (Å²) < 4.78 is 0. The van der Waals surface area contributed by atoms with Crippen LogP contribution in [0.1, 0.15) is 50.7 Å². The lowest BCUT2D eigenvalue weighted by Crippen LogP contribution is -1.97. The first-order valence-corrected chi connectivity index (χ1v) is 5.98. The second kappa shape index (κ2) is 4.25. The molecule has 0 aliphatic heterocycles. The van der Waals surface area contributed by atoms with Crippen molar-refractivity contribution in [2.45, 2.75) is 39.5 Å². The van der Waals surface area contributed by atoms with E-state index in [2.05, 4.69) is 56.9 Å². The van der Waals surface area contributed by atoms with Gasteiger partial charge in [-0.15, -0.1) is 0 Å². The Labute approximate surface area is 97.5 Å². The quantitative estimate of drug-likeness (QED) is 0.716. The minimum atomic E-state index is 0.547. The van der Waals surface area contributed by atoms with Crippen LogP contribution in [0.4, 0.5) is 0 Å². The lowest BCUT2D eigenvalue weighted by atomic mass is 9.91. The van der Waals surface area contributed by atoms with Gasteiger partial charge in [-0.2, -0.15) is 0 Å². The molecule has 2 rings (SSSR count). The molecule has 0 aliphatic rings. The number of fused-ring (bicyclic) bond motifs is 1. The van der Waals surface area contributed by atoms with Crippen LogP contribution in [0.3, 0.4) is 0 Å². The van der Waals surface area contributed by atoms with E-state index < -0.39 is 0 Å². The fourth-order valence-electron chi connectivity index (χ4n) is 2.22. The zero-order valence-electron chi connectivity index (χ0n) is 10.5. The highest BCUT2D eigenvalue weighted by Crippen LogP contribution is 2.30. The molecule has 1 heteroatoms. The molecule has 0 bridgehead atoms. The van der Waals surface area contributed by atoms with Crippen LogP contribution in [0.5, 0.6) is 0 Å². The van der Waals surface area contributed by atoms with E-state index in [1.807, 2.05) is 6.20 Å². The zero-order valence-corrected chi connectivity index (χ0v) is 10.5. The summed E-state index contributed by atoms with van der Waals surface area (Å²) in [5, 5.41) is 1.36. The predicted octanol–water partition coefficient (Wildman–Crippen LogP) is 4.48. The number of nitrogens with zero attached hydrogens (tertiary/aromatic N) is 1. The molecule has 0 unspecified atom stereocenters. The van der Waals surface area contributed by atoms with E-state index in [-0.39, 0.29) is 0 Å². The van der Waals surface area contributed by atoms with Crippen LogP contribution in [-0.4, -0.2) is 4.98 Å². The molecule has 0 spiro atoms. The third-order valence-corrected chi connectivity index (χ3v) is 3.08. The van der Waals surface area contributed by atoms with E-state index in [0.29, 0.717) is 11.8 Å². The molecule has 0 saturated heterocycles. The summed E-state index contributed by atoms with van der Waals surface area (Å²) in [5.74, 6) is 1.09. The first kappa shape index (κ1) is 11.1. The zero-order chi connectivity index (χ0) is 11.7. The largest absolute Gasteiger partial charge is 0.256 e. The molecule has 0 atom stereocenters. The smallest absolute Gasteiger partial charge is 0.0707 e. The highest BCUT2D eigenvalue weighted by molar-refractivity contribution is 5.86. The van der Waals surface area contributed by atoms with Crippen LogP contribution in [0.15, 0.2) is 30.5 Å². The molecule has 16 heavy (non-hydrogen) atoms. The minimum absolute atomic E-state index is 0.547. The molecule has 0 saturated carbocycles. The van der Waals surface area contributed by atoms with Crippen LogP contribution in [0.2, 0.25) is 0 Å². The Balaban J connectivity index is 2.82. The van der Waals surface area contributed by atoms with Gasteiger partial charge in [0.25, 0.3) is 0 Å². The number of hydrogen-bond donors (Lipinski definition) is 0. The Morgan fingerprint density at radius 2 is 1.50 bits per heavy atom. The molecule has 1 aromatic carbocycles. The van der Waals surface area contributed by atoms with Crippen molar-refractivity contribution in [1.82, 2.24) is 4.98 Å². The molecule has 0 N–H and O–H groups in total. The Hall–Kier alpha value is -1.37. The molecule has 0 aliphatic carbocycles. The molecule has 1 nitrogen and oxygen atoms in total. The van der Waals surface area contributed by atoms with E-state index >= 15 is 0 Å². The molecule has 1 aromatic heterocycles. The topological polar surface area (TPSA) is 12.9 Å².